The van der Waals surface area contributed by atoms with Crippen molar-refractivity contribution in [3.8, 4) is 0 Å². The molecule has 2 unspecified atom stereocenters. The molecule has 0 aliphatic carbocycles. The molecule has 0 aliphatic heterocycles. The maximum Gasteiger partial charge on any atom is 0.303 e. The van der Waals surface area contributed by atoms with Crippen LogP contribution >= 0.6 is 0 Å². The molecule has 188 valence electrons. The third kappa shape index (κ3) is 12.7. The average molecular weight is 471 g/mol. The topological polar surface area (TPSA) is 167 Å². The van der Waals surface area contributed by atoms with Crippen LogP contribution in [0.1, 0.15) is 85.5 Å². The normalized spacial score (nSPS) is 14.4. The zero-order valence-corrected chi connectivity index (χ0v) is 20.0. The van der Waals surface area contributed by atoms with Gasteiger partial charge in [0.1, 0.15) is 0 Å². The van der Waals surface area contributed by atoms with Crippen molar-refractivity contribution in [2.75, 3.05) is 0 Å². The summed E-state index contributed by atoms with van der Waals surface area (Å²) in [5.74, 6) is -3.97. The lowest BCUT2D eigenvalue weighted by atomic mass is 9.90. The predicted molar refractivity (Wildman–Crippen MR) is 120 cm³/mol. The number of aliphatic carboxylic acids is 2. The highest BCUT2D eigenvalue weighted by atomic mass is 16.4. The second-order valence-electron chi connectivity index (χ2n) is 8.44. The molecule has 0 aromatic carbocycles. The molecule has 2 amide bonds. The fraction of sp³-hybridized carbons (Fsp3) is 0.739. The maximum absolute atomic E-state index is 12.7. The van der Waals surface area contributed by atoms with Crippen LogP contribution in [0.2, 0.25) is 0 Å². The highest BCUT2D eigenvalue weighted by Crippen LogP contribution is 2.16. The van der Waals surface area contributed by atoms with Crippen LogP contribution in [0, 0.1) is 11.8 Å². The summed E-state index contributed by atoms with van der Waals surface area (Å²) in [5.41, 5.74) is 0. The van der Waals surface area contributed by atoms with E-state index in [1.54, 1.807) is 0 Å². The van der Waals surface area contributed by atoms with Crippen molar-refractivity contribution in [1.29, 1.82) is 0 Å². The average Bonchev–Trinajstić information content (AvgIpc) is 2.76. The Labute approximate surface area is 194 Å². The van der Waals surface area contributed by atoms with Crippen LogP contribution in [-0.4, -0.2) is 57.6 Å². The Balaban J connectivity index is 4.91. The van der Waals surface area contributed by atoms with E-state index in [0.29, 0.717) is 12.8 Å². The van der Waals surface area contributed by atoms with Gasteiger partial charge >= 0.3 is 11.9 Å². The van der Waals surface area contributed by atoms with Crippen molar-refractivity contribution < 1.29 is 39.0 Å². The van der Waals surface area contributed by atoms with E-state index in [2.05, 4.69) is 10.6 Å². The monoisotopic (exact) mass is 470 g/mol. The van der Waals surface area contributed by atoms with E-state index in [-0.39, 0.29) is 68.3 Å². The molecule has 0 aromatic heterocycles. The van der Waals surface area contributed by atoms with Gasteiger partial charge in [0.05, 0.1) is 24.9 Å². The van der Waals surface area contributed by atoms with E-state index >= 15 is 0 Å². The summed E-state index contributed by atoms with van der Waals surface area (Å²) in [5, 5.41) is 22.7. The van der Waals surface area contributed by atoms with Crippen LogP contribution < -0.4 is 10.6 Å². The Morgan fingerprint density at radius 3 is 1.21 bits per heavy atom. The molecular formula is C23H38N2O8. The predicted octanol–water partition coefficient (Wildman–Crippen LogP) is 2.09. The van der Waals surface area contributed by atoms with Crippen LogP contribution in [0.3, 0.4) is 0 Å². The molecule has 0 fully saturated rings. The van der Waals surface area contributed by atoms with E-state index < -0.39 is 35.8 Å². The van der Waals surface area contributed by atoms with E-state index in [1.165, 1.54) is 0 Å². The number of carboxylic acids is 2. The molecule has 0 aromatic rings. The Hall–Kier alpha value is -2.78. The van der Waals surface area contributed by atoms with Crippen LogP contribution in [0.5, 0.6) is 0 Å². The first-order valence-electron chi connectivity index (χ1n) is 11.5. The van der Waals surface area contributed by atoms with Gasteiger partial charge in [-0.2, -0.15) is 0 Å². The molecule has 33 heavy (non-hydrogen) atoms. The standard InChI is InChI=1S/C23H38N2O8/c1-5-14(3)22(24-18(28)10-12-20(30)31)16(26)8-7-9-17(27)23(15(4)6-2)25-19(29)11-13-21(32)33/h14-15,22-23H,5-13H2,1-4H3,(H,24,28)(H,25,29)(H,30,31)(H,32,33)/t14?,15?,22-,23-/m0/s1. The van der Waals surface area contributed by atoms with Crippen LogP contribution in [0.25, 0.3) is 0 Å². The molecule has 4 atom stereocenters. The van der Waals surface area contributed by atoms with Gasteiger partial charge < -0.3 is 20.8 Å². The summed E-state index contributed by atoms with van der Waals surface area (Å²) in [6.45, 7) is 7.39. The molecular weight excluding hydrogens is 432 g/mol. The van der Waals surface area contributed by atoms with Gasteiger partial charge in [0.2, 0.25) is 11.8 Å². The number of rotatable bonds is 18. The van der Waals surface area contributed by atoms with Gasteiger partial charge in [0.25, 0.3) is 0 Å². The molecule has 0 radical (unpaired) electrons. The van der Waals surface area contributed by atoms with Crippen LogP contribution in [0.4, 0.5) is 0 Å². The first-order valence-corrected chi connectivity index (χ1v) is 11.5. The molecule has 0 saturated heterocycles. The second kappa shape index (κ2) is 15.9. The van der Waals surface area contributed by atoms with Gasteiger partial charge in [-0.15, -0.1) is 0 Å². The quantitative estimate of drug-likeness (QED) is 0.236. The molecule has 10 nitrogen and oxygen atoms in total. The number of amides is 2. The van der Waals surface area contributed by atoms with Crippen molar-refractivity contribution >= 4 is 35.3 Å². The van der Waals surface area contributed by atoms with Gasteiger partial charge in [-0.3, -0.25) is 28.8 Å². The molecule has 0 rings (SSSR count). The van der Waals surface area contributed by atoms with Crippen molar-refractivity contribution in [3.63, 3.8) is 0 Å². The summed E-state index contributed by atoms with van der Waals surface area (Å²) in [6.07, 6.45) is 0.542. The summed E-state index contributed by atoms with van der Waals surface area (Å²) in [6, 6.07) is -1.51. The van der Waals surface area contributed by atoms with Crippen molar-refractivity contribution in [3.05, 3.63) is 0 Å². The minimum absolute atomic E-state index is 0.0557. The maximum atomic E-state index is 12.7. The lowest BCUT2D eigenvalue weighted by molar-refractivity contribution is -0.139. The third-order valence-electron chi connectivity index (χ3n) is 5.73. The number of carbonyl (C=O) groups excluding carboxylic acids is 4. The van der Waals surface area contributed by atoms with E-state index in [9.17, 15) is 28.8 Å². The van der Waals surface area contributed by atoms with Gasteiger partial charge in [-0.05, 0) is 18.3 Å². The van der Waals surface area contributed by atoms with Crippen molar-refractivity contribution in [2.24, 2.45) is 11.8 Å². The first kappa shape index (κ1) is 30.2. The number of carboxylic acid groups (broad SMARTS) is 2. The van der Waals surface area contributed by atoms with E-state index in [1.807, 2.05) is 27.7 Å². The minimum atomic E-state index is -1.10. The summed E-state index contributed by atoms with van der Waals surface area (Å²) >= 11 is 0. The molecule has 0 aliphatic rings. The number of ketones is 2. The lowest BCUT2D eigenvalue weighted by Crippen LogP contribution is -2.46. The molecule has 4 N–H and O–H groups in total. The number of carbonyl (C=O) groups is 6. The SMILES string of the molecule is CCC(C)[C@H](NC(=O)CCC(=O)O)C(=O)CCCC(=O)[C@@H](NC(=O)CCC(=O)O)C(C)CC. The zero-order valence-electron chi connectivity index (χ0n) is 20.0. The lowest BCUT2D eigenvalue weighted by Gasteiger charge is -2.24. The molecule has 10 heteroatoms. The number of hydrogen-bond donors (Lipinski definition) is 4. The Kier molecular flexibility index (Phi) is 14.6. The summed E-state index contributed by atoms with van der Waals surface area (Å²) < 4.78 is 0. The van der Waals surface area contributed by atoms with Gasteiger partial charge in [0, 0.05) is 25.7 Å². The highest BCUT2D eigenvalue weighted by molar-refractivity contribution is 5.92. The molecule has 0 saturated carbocycles. The van der Waals surface area contributed by atoms with Gasteiger partial charge in [-0.25, -0.2) is 0 Å². The smallest absolute Gasteiger partial charge is 0.303 e. The molecule has 0 bridgehead atoms. The largest absolute Gasteiger partial charge is 0.481 e. The fourth-order valence-corrected chi connectivity index (χ4v) is 3.23. The Morgan fingerprint density at radius 2 is 0.939 bits per heavy atom. The zero-order chi connectivity index (χ0) is 25.6. The number of hydrogen-bond acceptors (Lipinski definition) is 6. The minimum Gasteiger partial charge on any atom is -0.481 e. The molecule has 0 spiro atoms. The van der Waals surface area contributed by atoms with E-state index in [0.717, 1.165) is 0 Å². The summed E-state index contributed by atoms with van der Waals surface area (Å²) in [7, 11) is 0. The third-order valence-corrected chi connectivity index (χ3v) is 5.73. The Bertz CT molecular complexity index is 649. The fourth-order valence-electron chi connectivity index (χ4n) is 3.23. The summed E-state index contributed by atoms with van der Waals surface area (Å²) in [4.78, 5) is 70.7. The van der Waals surface area contributed by atoms with Crippen LogP contribution in [0.15, 0.2) is 0 Å². The van der Waals surface area contributed by atoms with Crippen molar-refractivity contribution in [1.82, 2.24) is 10.6 Å². The van der Waals surface area contributed by atoms with Gasteiger partial charge in [-0.1, -0.05) is 40.5 Å². The number of nitrogens with one attached hydrogen (secondary N) is 2. The van der Waals surface area contributed by atoms with Gasteiger partial charge in [0.15, 0.2) is 11.6 Å². The highest BCUT2D eigenvalue weighted by Gasteiger charge is 2.28. The van der Waals surface area contributed by atoms with Crippen molar-refractivity contribution in [2.45, 2.75) is 97.6 Å². The first-order chi connectivity index (χ1) is 15.4. The molecule has 0 heterocycles. The second-order valence-corrected chi connectivity index (χ2v) is 8.44. The van der Waals surface area contributed by atoms with E-state index in [4.69, 9.17) is 10.2 Å². The number of Topliss-reactive ketones (excluding diaryl/α,β-unsaturated/α-hetero) is 2. The Morgan fingerprint density at radius 1 is 0.606 bits per heavy atom. The van der Waals surface area contributed by atoms with Crippen LogP contribution in [-0.2, 0) is 28.8 Å².